The van der Waals surface area contributed by atoms with Crippen LogP contribution >= 0.6 is 11.6 Å². The highest BCUT2D eigenvalue weighted by molar-refractivity contribution is 6.42. The van der Waals surface area contributed by atoms with Gasteiger partial charge in [-0.05, 0) is 30.3 Å². The van der Waals surface area contributed by atoms with E-state index in [2.05, 4.69) is 4.74 Å². The lowest BCUT2D eigenvalue weighted by atomic mass is 10.3. The molecule has 2 saturated carbocycles. The first kappa shape index (κ1) is 7.17. The van der Waals surface area contributed by atoms with E-state index in [1.54, 1.807) is 0 Å². The number of esters is 1. The minimum atomic E-state index is -0.384. The predicted octanol–water partition coefficient (Wildman–Crippen LogP) is 1.84. The Labute approximate surface area is 70.2 Å². The smallest absolute Gasteiger partial charge is 0.349 e. The van der Waals surface area contributed by atoms with Gasteiger partial charge >= 0.3 is 5.97 Å². The zero-order valence-corrected chi connectivity index (χ0v) is 7.07. The molecule has 0 aromatic heterocycles. The van der Waals surface area contributed by atoms with Gasteiger partial charge in [0.1, 0.15) is 5.03 Å². The summed E-state index contributed by atoms with van der Waals surface area (Å²) >= 11 is 5.76. The molecule has 2 nitrogen and oxygen atoms in total. The number of hydrogen-bond donors (Lipinski definition) is 0. The molecule has 60 valence electrons. The Bertz CT molecular complexity index is 251. The van der Waals surface area contributed by atoms with E-state index in [4.69, 9.17) is 11.6 Å². The van der Waals surface area contributed by atoms with Crippen molar-refractivity contribution in [2.24, 2.45) is 5.41 Å². The third kappa shape index (κ3) is 0.968. The monoisotopic (exact) mass is 172 g/mol. The third-order valence-electron chi connectivity index (χ3n) is 2.51. The fourth-order valence-electron chi connectivity index (χ4n) is 1.45. The van der Waals surface area contributed by atoms with Gasteiger partial charge in [-0.15, -0.1) is 0 Å². The normalized spacial score (nSPS) is 28.2. The van der Waals surface area contributed by atoms with E-state index >= 15 is 0 Å². The average Bonchev–Trinajstić information content (AvgIpc) is 2.91. The maximum Gasteiger partial charge on any atom is 0.349 e. The van der Waals surface area contributed by atoms with Crippen molar-refractivity contribution in [2.45, 2.75) is 19.3 Å². The van der Waals surface area contributed by atoms with Crippen molar-refractivity contribution in [3.63, 3.8) is 0 Å². The number of rotatable bonds is 1. The zero-order chi connectivity index (χ0) is 8.06. The molecular weight excluding hydrogens is 164 g/mol. The molecule has 0 saturated heterocycles. The standard InChI is InChI=1S/C8H9ClO2/c1-11-7(10)6(9)5-4-8(5)2-3-8/h2-4H2,1H3/b6-5+. The van der Waals surface area contributed by atoms with E-state index in [1.165, 1.54) is 20.0 Å². The van der Waals surface area contributed by atoms with Gasteiger partial charge in [0.25, 0.3) is 0 Å². The van der Waals surface area contributed by atoms with Gasteiger partial charge in [0.05, 0.1) is 7.11 Å². The lowest BCUT2D eigenvalue weighted by Crippen LogP contribution is -1.99. The van der Waals surface area contributed by atoms with Crippen molar-refractivity contribution in [2.75, 3.05) is 7.11 Å². The number of methoxy groups -OCH3 is 1. The highest BCUT2D eigenvalue weighted by atomic mass is 35.5. The molecule has 2 aliphatic carbocycles. The van der Waals surface area contributed by atoms with Crippen LogP contribution in [0.4, 0.5) is 0 Å². The second kappa shape index (κ2) is 2.01. The van der Waals surface area contributed by atoms with Crippen LogP contribution in [-0.2, 0) is 9.53 Å². The van der Waals surface area contributed by atoms with E-state index in [1.807, 2.05) is 0 Å². The summed E-state index contributed by atoms with van der Waals surface area (Å²) in [7, 11) is 1.35. The number of carbonyl (C=O) groups excluding carboxylic acids is 1. The molecule has 0 aliphatic heterocycles. The second-order valence-electron chi connectivity index (χ2n) is 3.24. The maximum absolute atomic E-state index is 10.9. The van der Waals surface area contributed by atoms with Crippen LogP contribution in [0.2, 0.25) is 0 Å². The van der Waals surface area contributed by atoms with Crippen LogP contribution < -0.4 is 0 Å². The molecule has 0 heterocycles. The fourth-order valence-corrected chi connectivity index (χ4v) is 1.79. The molecule has 2 aliphatic rings. The van der Waals surface area contributed by atoms with Crippen LogP contribution in [0.3, 0.4) is 0 Å². The van der Waals surface area contributed by atoms with Gasteiger partial charge in [-0.25, -0.2) is 4.79 Å². The third-order valence-corrected chi connectivity index (χ3v) is 2.90. The molecule has 0 N–H and O–H groups in total. The Kier molecular flexibility index (Phi) is 1.31. The molecule has 0 aromatic rings. The molecule has 3 heteroatoms. The predicted molar refractivity (Wildman–Crippen MR) is 41.2 cm³/mol. The van der Waals surface area contributed by atoms with E-state index in [-0.39, 0.29) is 5.97 Å². The van der Waals surface area contributed by atoms with Gasteiger partial charge in [0.15, 0.2) is 0 Å². The quantitative estimate of drug-likeness (QED) is 0.446. The van der Waals surface area contributed by atoms with Gasteiger partial charge in [0, 0.05) is 0 Å². The highest BCUT2D eigenvalue weighted by Crippen LogP contribution is 2.71. The highest BCUT2D eigenvalue weighted by Gasteiger charge is 2.60. The fraction of sp³-hybridized carbons (Fsp3) is 0.625. The minimum Gasteiger partial charge on any atom is -0.465 e. The van der Waals surface area contributed by atoms with Crippen LogP contribution in [-0.4, -0.2) is 13.1 Å². The lowest BCUT2D eigenvalue weighted by Gasteiger charge is -1.93. The Morgan fingerprint density at radius 3 is 2.64 bits per heavy atom. The Hall–Kier alpha value is -0.500. The summed E-state index contributed by atoms with van der Waals surface area (Å²) in [5, 5.41) is 0.324. The van der Waals surface area contributed by atoms with E-state index in [9.17, 15) is 4.79 Å². The largest absolute Gasteiger partial charge is 0.465 e. The Morgan fingerprint density at radius 2 is 2.27 bits per heavy atom. The van der Waals surface area contributed by atoms with E-state index in [0.717, 1.165) is 12.0 Å². The van der Waals surface area contributed by atoms with Gasteiger partial charge in [-0.1, -0.05) is 11.6 Å². The number of allylic oxidation sites excluding steroid dienone is 1. The first-order valence-electron chi connectivity index (χ1n) is 3.67. The van der Waals surface area contributed by atoms with Gasteiger partial charge in [-0.3, -0.25) is 0 Å². The molecule has 2 fully saturated rings. The molecule has 0 atom stereocenters. The molecule has 11 heavy (non-hydrogen) atoms. The van der Waals surface area contributed by atoms with Crippen molar-refractivity contribution < 1.29 is 9.53 Å². The summed E-state index contributed by atoms with van der Waals surface area (Å²) in [6, 6.07) is 0. The molecule has 0 radical (unpaired) electrons. The SMILES string of the molecule is COC(=O)/C(Cl)=C1/CC12CC2. The van der Waals surface area contributed by atoms with Crippen LogP contribution in [0, 0.1) is 5.41 Å². The first-order valence-corrected chi connectivity index (χ1v) is 4.05. The van der Waals surface area contributed by atoms with Crippen molar-refractivity contribution in [1.82, 2.24) is 0 Å². The zero-order valence-electron chi connectivity index (χ0n) is 6.32. The Morgan fingerprint density at radius 1 is 1.64 bits per heavy atom. The molecule has 0 bridgehead atoms. The molecule has 2 rings (SSSR count). The van der Waals surface area contributed by atoms with Crippen molar-refractivity contribution in [3.05, 3.63) is 10.6 Å². The molecule has 0 unspecified atom stereocenters. The summed E-state index contributed by atoms with van der Waals surface area (Å²) in [6.07, 6.45) is 3.42. The lowest BCUT2D eigenvalue weighted by molar-refractivity contribution is -0.135. The minimum absolute atomic E-state index is 0.324. The average molecular weight is 173 g/mol. The van der Waals surface area contributed by atoms with E-state index in [0.29, 0.717) is 10.4 Å². The molecular formula is C8H9ClO2. The van der Waals surface area contributed by atoms with Crippen LogP contribution in [0.25, 0.3) is 0 Å². The molecule has 1 spiro atoms. The first-order chi connectivity index (χ1) is 5.19. The molecule has 0 aromatic carbocycles. The van der Waals surface area contributed by atoms with Crippen LogP contribution in [0.15, 0.2) is 10.6 Å². The second-order valence-corrected chi connectivity index (χ2v) is 3.62. The van der Waals surface area contributed by atoms with Crippen molar-refractivity contribution >= 4 is 17.6 Å². The Balaban J connectivity index is 2.15. The number of carbonyl (C=O) groups is 1. The number of halogens is 1. The molecule has 0 amide bonds. The summed E-state index contributed by atoms with van der Waals surface area (Å²) in [6.45, 7) is 0. The van der Waals surface area contributed by atoms with Crippen LogP contribution in [0.1, 0.15) is 19.3 Å². The number of hydrogen-bond acceptors (Lipinski definition) is 2. The van der Waals surface area contributed by atoms with Crippen molar-refractivity contribution in [1.29, 1.82) is 0 Å². The van der Waals surface area contributed by atoms with Gasteiger partial charge in [0.2, 0.25) is 0 Å². The summed E-state index contributed by atoms with van der Waals surface area (Å²) in [5.74, 6) is -0.384. The summed E-state index contributed by atoms with van der Waals surface area (Å²) in [4.78, 5) is 10.9. The van der Waals surface area contributed by atoms with Crippen LogP contribution in [0.5, 0.6) is 0 Å². The number of ether oxygens (including phenoxy) is 1. The maximum atomic E-state index is 10.9. The van der Waals surface area contributed by atoms with Gasteiger partial charge < -0.3 is 4.74 Å². The van der Waals surface area contributed by atoms with Gasteiger partial charge in [-0.2, -0.15) is 0 Å². The van der Waals surface area contributed by atoms with Crippen molar-refractivity contribution in [3.8, 4) is 0 Å². The topological polar surface area (TPSA) is 26.3 Å². The van der Waals surface area contributed by atoms with E-state index < -0.39 is 0 Å². The summed E-state index contributed by atoms with van der Waals surface area (Å²) in [5.41, 5.74) is 1.48. The summed E-state index contributed by atoms with van der Waals surface area (Å²) < 4.78 is 4.51.